The zero-order chi connectivity index (χ0) is 15.8. The van der Waals surface area contributed by atoms with E-state index in [9.17, 15) is 4.79 Å². The highest BCUT2D eigenvalue weighted by atomic mass is 32.1. The summed E-state index contributed by atoms with van der Waals surface area (Å²) in [6.45, 7) is 4.66. The highest BCUT2D eigenvalue weighted by Crippen LogP contribution is 2.24. The zero-order valence-electron chi connectivity index (χ0n) is 12.8. The number of thiophene rings is 2. The molecular formula is C17H17N3OS2. The second-order valence-corrected chi connectivity index (χ2v) is 8.11. The number of fused-ring (bicyclic) bond motifs is 1. The van der Waals surface area contributed by atoms with Crippen LogP contribution in [0, 0.1) is 6.92 Å². The van der Waals surface area contributed by atoms with Gasteiger partial charge in [0, 0.05) is 35.8 Å². The fourth-order valence-electron chi connectivity index (χ4n) is 2.94. The fraction of sp³-hybridized carbons (Fsp3) is 0.294. The van der Waals surface area contributed by atoms with E-state index in [0.29, 0.717) is 12.4 Å². The zero-order valence-corrected chi connectivity index (χ0v) is 14.5. The molecule has 118 valence electrons. The van der Waals surface area contributed by atoms with Crippen molar-refractivity contribution < 1.29 is 0 Å². The Labute approximate surface area is 142 Å². The Hall–Kier alpha value is -1.76. The molecule has 1 aliphatic heterocycles. The molecule has 1 N–H and O–H groups in total. The molecule has 0 spiro atoms. The Balaban J connectivity index is 1.59. The summed E-state index contributed by atoms with van der Waals surface area (Å²) in [7, 11) is 0. The molecule has 4 rings (SSSR count). The number of nitrogens with zero attached hydrogens (tertiary/aromatic N) is 2. The van der Waals surface area contributed by atoms with Crippen molar-refractivity contribution in [3.63, 3.8) is 0 Å². The molecule has 0 atom stereocenters. The monoisotopic (exact) mass is 343 g/mol. The van der Waals surface area contributed by atoms with Crippen LogP contribution in [-0.2, 0) is 19.5 Å². The van der Waals surface area contributed by atoms with Crippen LogP contribution in [0.15, 0.2) is 34.4 Å². The van der Waals surface area contributed by atoms with Crippen molar-refractivity contribution >= 4 is 22.7 Å². The van der Waals surface area contributed by atoms with Gasteiger partial charge in [-0.25, -0.2) is 4.98 Å². The van der Waals surface area contributed by atoms with Gasteiger partial charge in [-0.15, -0.1) is 22.7 Å². The third-order valence-corrected chi connectivity index (χ3v) is 5.94. The van der Waals surface area contributed by atoms with Crippen LogP contribution in [-0.4, -0.2) is 21.4 Å². The molecule has 0 amide bonds. The quantitative estimate of drug-likeness (QED) is 0.793. The summed E-state index contributed by atoms with van der Waals surface area (Å²) in [6.07, 6.45) is 0.835. The molecular weight excluding hydrogens is 326 g/mol. The van der Waals surface area contributed by atoms with Gasteiger partial charge in [-0.2, -0.15) is 0 Å². The summed E-state index contributed by atoms with van der Waals surface area (Å²) < 4.78 is 0. The van der Waals surface area contributed by atoms with E-state index >= 15 is 0 Å². The first-order valence-corrected chi connectivity index (χ1v) is 9.32. The van der Waals surface area contributed by atoms with Crippen molar-refractivity contribution in [1.82, 2.24) is 14.9 Å². The van der Waals surface area contributed by atoms with Crippen molar-refractivity contribution in [3.05, 3.63) is 61.0 Å². The van der Waals surface area contributed by atoms with E-state index in [1.807, 2.05) is 28.8 Å². The van der Waals surface area contributed by atoms with Gasteiger partial charge in [0.15, 0.2) is 5.82 Å². The van der Waals surface area contributed by atoms with Crippen molar-refractivity contribution in [2.45, 2.75) is 26.4 Å². The Kier molecular flexibility index (Phi) is 3.88. The van der Waals surface area contributed by atoms with E-state index in [0.717, 1.165) is 35.6 Å². The second-order valence-electron chi connectivity index (χ2n) is 5.79. The van der Waals surface area contributed by atoms with Gasteiger partial charge >= 0.3 is 0 Å². The van der Waals surface area contributed by atoms with Crippen LogP contribution in [0.2, 0.25) is 0 Å². The highest BCUT2D eigenvalue weighted by molar-refractivity contribution is 7.13. The average Bonchev–Trinajstić information content (AvgIpc) is 3.20. The predicted molar refractivity (Wildman–Crippen MR) is 95.0 cm³/mol. The smallest absolute Gasteiger partial charge is 0.255 e. The van der Waals surface area contributed by atoms with Crippen LogP contribution in [0.25, 0.3) is 10.7 Å². The second kappa shape index (κ2) is 6.03. The molecule has 4 heterocycles. The Morgan fingerprint density at radius 3 is 3.00 bits per heavy atom. The maximum Gasteiger partial charge on any atom is 0.255 e. The van der Waals surface area contributed by atoms with Crippen LogP contribution < -0.4 is 5.56 Å². The summed E-state index contributed by atoms with van der Waals surface area (Å²) in [5.41, 5.74) is 1.78. The number of hydrogen-bond donors (Lipinski definition) is 1. The number of aryl methyl sites for hydroxylation is 1. The number of H-pyrrole nitrogens is 1. The minimum Gasteiger partial charge on any atom is -0.306 e. The van der Waals surface area contributed by atoms with Gasteiger partial charge < -0.3 is 4.98 Å². The molecule has 0 unspecified atom stereocenters. The van der Waals surface area contributed by atoms with Gasteiger partial charge in [0.25, 0.3) is 5.56 Å². The van der Waals surface area contributed by atoms with Gasteiger partial charge in [0.05, 0.1) is 16.1 Å². The SMILES string of the molecule is Cc1ccc(CN2CCc3nc(-c4cccs4)[nH]c(=O)c3C2)s1. The van der Waals surface area contributed by atoms with E-state index in [-0.39, 0.29) is 5.56 Å². The first kappa shape index (κ1) is 14.8. The van der Waals surface area contributed by atoms with Crippen molar-refractivity contribution in [1.29, 1.82) is 0 Å². The minimum absolute atomic E-state index is 0.00506. The van der Waals surface area contributed by atoms with Gasteiger partial charge in [0.2, 0.25) is 0 Å². The first-order valence-electron chi connectivity index (χ1n) is 7.62. The Bertz CT molecular complexity index is 880. The molecule has 1 aliphatic rings. The lowest BCUT2D eigenvalue weighted by Gasteiger charge is -2.27. The molecule has 23 heavy (non-hydrogen) atoms. The maximum absolute atomic E-state index is 12.5. The van der Waals surface area contributed by atoms with Gasteiger partial charge in [-0.3, -0.25) is 9.69 Å². The summed E-state index contributed by atoms with van der Waals surface area (Å²) >= 11 is 3.42. The molecule has 0 fully saturated rings. The lowest BCUT2D eigenvalue weighted by molar-refractivity contribution is 0.244. The summed E-state index contributed by atoms with van der Waals surface area (Å²) in [5, 5.41) is 2.00. The first-order chi connectivity index (χ1) is 11.2. The molecule has 0 bridgehead atoms. The van der Waals surface area contributed by atoms with E-state index in [1.165, 1.54) is 9.75 Å². The van der Waals surface area contributed by atoms with Crippen molar-refractivity contribution in [3.8, 4) is 10.7 Å². The third-order valence-electron chi connectivity index (χ3n) is 4.08. The number of aromatic amines is 1. The lowest BCUT2D eigenvalue weighted by Crippen LogP contribution is -2.35. The number of hydrogen-bond acceptors (Lipinski definition) is 5. The molecule has 3 aromatic rings. The van der Waals surface area contributed by atoms with Crippen LogP contribution in [0.5, 0.6) is 0 Å². The molecule has 3 aromatic heterocycles. The highest BCUT2D eigenvalue weighted by Gasteiger charge is 2.22. The molecule has 0 aliphatic carbocycles. The van der Waals surface area contributed by atoms with Gasteiger partial charge in [0.1, 0.15) is 0 Å². The van der Waals surface area contributed by atoms with E-state index in [2.05, 4.69) is 28.9 Å². The molecule has 4 nitrogen and oxygen atoms in total. The summed E-state index contributed by atoms with van der Waals surface area (Å²) in [6, 6.07) is 8.30. The third kappa shape index (κ3) is 3.02. The van der Waals surface area contributed by atoms with Crippen LogP contribution in [0.1, 0.15) is 21.0 Å². The lowest BCUT2D eigenvalue weighted by atomic mass is 10.1. The molecule has 0 saturated heterocycles. The normalized spacial score (nSPS) is 14.8. The number of nitrogens with one attached hydrogen (secondary N) is 1. The van der Waals surface area contributed by atoms with Gasteiger partial charge in [-0.1, -0.05) is 6.07 Å². The predicted octanol–water partition coefficient (Wildman–Crippen LogP) is 3.43. The topological polar surface area (TPSA) is 49.0 Å². The van der Waals surface area contributed by atoms with Crippen LogP contribution in [0.3, 0.4) is 0 Å². The average molecular weight is 343 g/mol. The summed E-state index contributed by atoms with van der Waals surface area (Å²) in [5.74, 6) is 0.700. The van der Waals surface area contributed by atoms with Crippen molar-refractivity contribution in [2.75, 3.05) is 6.54 Å². The Morgan fingerprint density at radius 1 is 1.35 bits per heavy atom. The van der Waals surface area contributed by atoms with Crippen molar-refractivity contribution in [2.24, 2.45) is 0 Å². The largest absolute Gasteiger partial charge is 0.306 e. The van der Waals surface area contributed by atoms with Crippen LogP contribution >= 0.6 is 22.7 Å². The van der Waals surface area contributed by atoms with Crippen LogP contribution in [0.4, 0.5) is 0 Å². The number of aromatic nitrogens is 2. The fourth-order valence-corrected chi connectivity index (χ4v) is 4.54. The molecule has 0 radical (unpaired) electrons. The van der Waals surface area contributed by atoms with E-state index < -0.39 is 0 Å². The number of rotatable bonds is 3. The molecule has 0 saturated carbocycles. The Morgan fingerprint density at radius 2 is 2.26 bits per heavy atom. The molecule has 6 heteroatoms. The maximum atomic E-state index is 12.5. The summed E-state index contributed by atoms with van der Waals surface area (Å²) in [4.78, 5) is 26.1. The standard InChI is InChI=1S/C17H17N3OS2/c1-11-4-5-12(23-11)9-20-7-6-14-13(10-20)17(21)19-16(18-14)15-3-2-8-22-15/h2-5,8H,6-7,9-10H2,1H3,(H,18,19,21). The van der Waals surface area contributed by atoms with Gasteiger partial charge in [-0.05, 0) is 30.5 Å². The van der Waals surface area contributed by atoms with E-state index in [4.69, 9.17) is 4.98 Å². The van der Waals surface area contributed by atoms with E-state index in [1.54, 1.807) is 11.3 Å². The molecule has 0 aromatic carbocycles. The minimum atomic E-state index is 0.00506.